The van der Waals surface area contributed by atoms with Gasteiger partial charge in [0.1, 0.15) is 11.5 Å². The van der Waals surface area contributed by atoms with Gasteiger partial charge >= 0.3 is 0 Å². The van der Waals surface area contributed by atoms with Gasteiger partial charge in [0, 0.05) is 19.3 Å². The zero-order valence-electron chi connectivity index (χ0n) is 19.5. The Balaban J connectivity index is 1.62. The largest absolute Gasteiger partial charge is 0.497 e. The summed E-state index contributed by atoms with van der Waals surface area (Å²) in [6, 6.07) is 17.9. The van der Waals surface area contributed by atoms with E-state index in [1.54, 1.807) is 14.0 Å². The predicted octanol–water partition coefficient (Wildman–Crippen LogP) is 5.57. The van der Waals surface area contributed by atoms with E-state index < -0.39 is 5.79 Å². The predicted molar refractivity (Wildman–Crippen MR) is 125 cm³/mol. The second-order valence-electron chi connectivity index (χ2n) is 8.72. The summed E-state index contributed by atoms with van der Waals surface area (Å²) in [7, 11) is 1.64. The molecule has 1 aliphatic heterocycles. The van der Waals surface area contributed by atoms with Crippen LogP contribution in [0, 0.1) is 0 Å². The highest BCUT2D eigenvalue weighted by Gasteiger charge is 2.35. The van der Waals surface area contributed by atoms with Crippen LogP contribution >= 0.6 is 0 Å². The van der Waals surface area contributed by atoms with E-state index in [1.807, 2.05) is 56.3 Å². The molecule has 0 radical (unpaired) electrons. The molecule has 2 aromatic rings. The molecular weight excluding hydrogens is 404 g/mol. The summed E-state index contributed by atoms with van der Waals surface area (Å²) >= 11 is 0. The molecule has 0 N–H and O–H groups in total. The van der Waals surface area contributed by atoms with Crippen molar-refractivity contribution in [2.24, 2.45) is 0 Å². The average Bonchev–Trinajstić information content (AvgIpc) is 2.76. The number of hydrogen-bond acceptors (Lipinski definition) is 5. The van der Waals surface area contributed by atoms with Gasteiger partial charge in [-0.25, -0.2) is 0 Å². The molecule has 0 bridgehead atoms. The van der Waals surface area contributed by atoms with Crippen molar-refractivity contribution in [1.82, 2.24) is 0 Å². The number of carbonyl (C=O) groups excluding carboxylic acids is 1. The highest BCUT2D eigenvalue weighted by molar-refractivity contribution is 5.75. The molecule has 3 rings (SSSR count). The number of hydrogen-bond donors (Lipinski definition) is 0. The van der Waals surface area contributed by atoms with Gasteiger partial charge in [-0.1, -0.05) is 54.6 Å². The molecule has 1 fully saturated rings. The van der Waals surface area contributed by atoms with Crippen LogP contribution in [0.5, 0.6) is 5.75 Å². The molecule has 0 unspecified atom stereocenters. The van der Waals surface area contributed by atoms with Gasteiger partial charge in [0.25, 0.3) is 0 Å². The second kappa shape index (κ2) is 11.4. The minimum absolute atomic E-state index is 0.0654. The minimum Gasteiger partial charge on any atom is -0.497 e. The van der Waals surface area contributed by atoms with Crippen molar-refractivity contribution in [2.45, 2.75) is 70.7 Å². The van der Waals surface area contributed by atoms with E-state index in [1.165, 1.54) is 0 Å². The van der Waals surface area contributed by atoms with Crippen LogP contribution in [-0.2, 0) is 25.6 Å². The van der Waals surface area contributed by atoms with Crippen molar-refractivity contribution in [3.63, 3.8) is 0 Å². The quantitative estimate of drug-likeness (QED) is 0.485. The lowest BCUT2D eigenvalue weighted by molar-refractivity contribution is -0.294. The minimum atomic E-state index is -0.703. The Hall–Kier alpha value is -2.47. The molecule has 0 amide bonds. The summed E-state index contributed by atoms with van der Waals surface area (Å²) in [6.45, 7) is 5.90. The highest BCUT2D eigenvalue weighted by Crippen LogP contribution is 2.31. The molecule has 0 aromatic heterocycles. The normalized spacial score (nSPS) is 21.4. The van der Waals surface area contributed by atoms with E-state index in [4.69, 9.17) is 18.9 Å². The van der Waals surface area contributed by atoms with Gasteiger partial charge in [0.2, 0.25) is 0 Å². The molecule has 2 aromatic carbocycles. The van der Waals surface area contributed by atoms with Gasteiger partial charge in [0.15, 0.2) is 5.79 Å². The molecule has 0 saturated carbocycles. The van der Waals surface area contributed by atoms with Crippen molar-refractivity contribution < 1.29 is 23.7 Å². The summed E-state index contributed by atoms with van der Waals surface area (Å²) in [6.07, 6.45) is 5.54. The summed E-state index contributed by atoms with van der Waals surface area (Å²) in [5.74, 6) is 0.212. The van der Waals surface area contributed by atoms with Gasteiger partial charge < -0.3 is 18.9 Å². The fraction of sp³-hybridized carbons (Fsp3) is 0.444. The van der Waals surface area contributed by atoms with E-state index in [2.05, 4.69) is 24.3 Å². The molecule has 1 saturated heterocycles. The Bertz CT molecular complexity index is 873. The first-order chi connectivity index (χ1) is 15.3. The Kier molecular flexibility index (Phi) is 8.62. The van der Waals surface area contributed by atoms with Crippen LogP contribution in [0.1, 0.15) is 51.2 Å². The van der Waals surface area contributed by atoms with Crippen LogP contribution in [0.15, 0.2) is 60.7 Å². The number of methoxy groups -OCH3 is 1. The Labute approximate surface area is 191 Å². The topological polar surface area (TPSA) is 54.0 Å². The number of ether oxygens (including phenoxy) is 4. The van der Waals surface area contributed by atoms with Crippen molar-refractivity contribution in [1.29, 1.82) is 0 Å². The van der Waals surface area contributed by atoms with Crippen LogP contribution in [0.4, 0.5) is 0 Å². The van der Waals surface area contributed by atoms with E-state index in [-0.39, 0.29) is 24.1 Å². The van der Waals surface area contributed by atoms with Crippen LogP contribution < -0.4 is 4.74 Å². The number of rotatable bonds is 10. The van der Waals surface area contributed by atoms with E-state index in [0.717, 1.165) is 16.9 Å². The van der Waals surface area contributed by atoms with Crippen molar-refractivity contribution in [3.8, 4) is 5.75 Å². The number of benzene rings is 2. The fourth-order valence-corrected chi connectivity index (χ4v) is 3.95. The SMILES string of the molecule is COc1ccc(CO[C@@H](CC(C)=O)C[C@@H]2C[C@H](/C=C/c3ccccc3)OC(C)(C)O2)cc1. The van der Waals surface area contributed by atoms with Crippen LogP contribution in [-0.4, -0.2) is 37.0 Å². The van der Waals surface area contributed by atoms with Crippen molar-refractivity contribution in [2.75, 3.05) is 7.11 Å². The van der Waals surface area contributed by atoms with Crippen LogP contribution in [0.25, 0.3) is 6.08 Å². The molecule has 0 spiro atoms. The Morgan fingerprint density at radius 3 is 2.50 bits per heavy atom. The molecular formula is C27H34O5. The Morgan fingerprint density at radius 2 is 1.84 bits per heavy atom. The molecule has 32 heavy (non-hydrogen) atoms. The summed E-state index contributed by atoms with van der Waals surface area (Å²) in [5, 5.41) is 0. The third kappa shape index (κ3) is 7.90. The average molecular weight is 439 g/mol. The lowest BCUT2D eigenvalue weighted by Crippen LogP contribution is -2.45. The molecule has 1 heterocycles. The monoisotopic (exact) mass is 438 g/mol. The maximum Gasteiger partial charge on any atom is 0.163 e. The third-order valence-electron chi connectivity index (χ3n) is 5.37. The first kappa shape index (κ1) is 24.2. The molecule has 1 aliphatic rings. The first-order valence-corrected chi connectivity index (χ1v) is 11.2. The number of carbonyl (C=O) groups is 1. The zero-order chi connectivity index (χ0) is 23.0. The smallest absolute Gasteiger partial charge is 0.163 e. The van der Waals surface area contributed by atoms with Crippen LogP contribution in [0.3, 0.4) is 0 Å². The summed E-state index contributed by atoms with van der Waals surface area (Å²) in [5.41, 5.74) is 2.17. The van der Waals surface area contributed by atoms with Gasteiger partial charge in [-0.15, -0.1) is 0 Å². The number of Topliss-reactive ketones (excluding diaryl/α,β-unsaturated/α-hetero) is 1. The van der Waals surface area contributed by atoms with Crippen LogP contribution in [0.2, 0.25) is 0 Å². The number of ketones is 1. The van der Waals surface area contributed by atoms with E-state index in [9.17, 15) is 4.79 Å². The maximum absolute atomic E-state index is 11.9. The highest BCUT2D eigenvalue weighted by atomic mass is 16.7. The van der Waals surface area contributed by atoms with E-state index >= 15 is 0 Å². The molecule has 3 atom stereocenters. The van der Waals surface area contributed by atoms with Gasteiger partial charge in [-0.05, 0) is 44.0 Å². The standard InChI is InChI=1S/C27H34O5/c1-20(28)16-25(30-19-22-11-13-23(29-4)14-12-22)18-26-17-24(31-27(2,3)32-26)15-10-21-8-6-5-7-9-21/h5-15,24-26H,16-19H2,1-4H3/b15-10+/t24-,25-,26-/m0/s1. The maximum atomic E-state index is 11.9. The van der Waals surface area contributed by atoms with Gasteiger partial charge in [-0.3, -0.25) is 4.79 Å². The lowest BCUT2D eigenvalue weighted by Gasteiger charge is -2.41. The van der Waals surface area contributed by atoms with Gasteiger partial charge in [0.05, 0.1) is 32.0 Å². The second-order valence-corrected chi connectivity index (χ2v) is 8.72. The third-order valence-corrected chi connectivity index (χ3v) is 5.37. The lowest BCUT2D eigenvalue weighted by atomic mass is 9.99. The van der Waals surface area contributed by atoms with E-state index in [0.29, 0.717) is 25.9 Å². The Morgan fingerprint density at radius 1 is 1.12 bits per heavy atom. The molecule has 172 valence electrons. The van der Waals surface area contributed by atoms with Crippen molar-refractivity contribution >= 4 is 11.9 Å². The molecule has 0 aliphatic carbocycles. The van der Waals surface area contributed by atoms with Gasteiger partial charge in [-0.2, -0.15) is 0 Å². The fourth-order valence-electron chi connectivity index (χ4n) is 3.95. The summed E-state index contributed by atoms with van der Waals surface area (Å²) in [4.78, 5) is 11.9. The molecule has 5 heteroatoms. The first-order valence-electron chi connectivity index (χ1n) is 11.2. The van der Waals surface area contributed by atoms with Crippen molar-refractivity contribution in [3.05, 3.63) is 71.8 Å². The molecule has 5 nitrogen and oxygen atoms in total. The zero-order valence-corrected chi connectivity index (χ0v) is 19.5. The summed E-state index contributed by atoms with van der Waals surface area (Å²) < 4.78 is 23.7.